The quantitative estimate of drug-likeness (QED) is 0.455. The van der Waals surface area contributed by atoms with Gasteiger partial charge in [0.25, 0.3) is 5.24 Å². The predicted molar refractivity (Wildman–Crippen MR) is 78.7 cm³/mol. The van der Waals surface area contributed by atoms with Crippen LogP contribution in [0.4, 0.5) is 4.79 Å². The smallest absolute Gasteiger partial charge is 0.307 e. The molecule has 0 bridgehead atoms. The Hall–Kier alpha value is 0.169. The second-order valence-electron chi connectivity index (χ2n) is 3.53. The molecular formula is C14H11FeNOS2+2. The normalized spacial score (nSPS) is 24.9. The Labute approximate surface area is 136 Å². The maximum atomic E-state index is 10.9. The van der Waals surface area contributed by atoms with E-state index in [1.807, 2.05) is 63.9 Å². The first-order valence-corrected chi connectivity index (χ1v) is 6.61. The van der Waals surface area contributed by atoms with Crippen molar-refractivity contribution >= 4 is 34.2 Å². The molecule has 0 spiro atoms. The van der Waals surface area contributed by atoms with Gasteiger partial charge in [-0.15, -0.1) is 0 Å². The van der Waals surface area contributed by atoms with Crippen molar-refractivity contribution in [3.8, 4) is 0 Å². The van der Waals surface area contributed by atoms with Gasteiger partial charge in [-0.2, -0.15) is 0 Å². The summed E-state index contributed by atoms with van der Waals surface area (Å²) in [6.07, 6.45) is 19.7. The van der Waals surface area contributed by atoms with Crippen molar-refractivity contribution in [1.29, 1.82) is 0 Å². The van der Waals surface area contributed by atoms with Gasteiger partial charge in [0, 0.05) is 10.8 Å². The van der Waals surface area contributed by atoms with E-state index in [1.165, 1.54) is 0 Å². The van der Waals surface area contributed by atoms with E-state index in [-0.39, 0.29) is 22.3 Å². The first kappa shape index (κ1) is 17.2. The van der Waals surface area contributed by atoms with Crippen LogP contribution in [0.25, 0.3) is 0 Å². The molecule has 1 amide bonds. The molecule has 2 aliphatic carbocycles. The monoisotopic (exact) mass is 329 g/mol. The van der Waals surface area contributed by atoms with Crippen LogP contribution in [-0.4, -0.2) is 10.2 Å². The molecule has 19 heavy (non-hydrogen) atoms. The molecule has 3 aliphatic rings. The molecule has 96 valence electrons. The number of hydrogen-bond acceptors (Lipinski definition) is 3. The van der Waals surface area contributed by atoms with Gasteiger partial charge >= 0.3 is 17.1 Å². The summed E-state index contributed by atoms with van der Waals surface area (Å²) in [4.78, 5) is 12.3. The molecule has 3 rings (SSSR count). The molecule has 2 saturated carbocycles. The van der Waals surface area contributed by atoms with Crippen molar-refractivity contribution in [3.05, 3.63) is 74.7 Å². The number of thiocarbonyl (C=S) groups is 1. The summed E-state index contributed by atoms with van der Waals surface area (Å²) in [5, 5.41) is 2.47. The van der Waals surface area contributed by atoms with Crippen LogP contribution >= 0.6 is 24.0 Å². The Morgan fingerprint density at radius 1 is 1.00 bits per heavy atom. The van der Waals surface area contributed by atoms with Crippen LogP contribution in [0.2, 0.25) is 0 Å². The van der Waals surface area contributed by atoms with E-state index >= 15 is 0 Å². The molecule has 1 aliphatic heterocycles. The van der Waals surface area contributed by atoms with Gasteiger partial charge in [-0.25, -0.2) is 0 Å². The minimum absolute atomic E-state index is 0. The Bertz CT molecular complexity index is 340. The van der Waals surface area contributed by atoms with Crippen LogP contribution in [0.15, 0.2) is 11.0 Å². The maximum Gasteiger partial charge on any atom is 2.00 e. The zero-order valence-corrected chi connectivity index (χ0v) is 12.6. The number of rotatable bonds is 1. The molecule has 0 aromatic rings. The van der Waals surface area contributed by atoms with Crippen molar-refractivity contribution in [2.24, 2.45) is 0 Å². The third-order valence-corrected chi connectivity index (χ3v) is 3.46. The van der Waals surface area contributed by atoms with Gasteiger partial charge in [0.05, 0.1) is 0 Å². The van der Waals surface area contributed by atoms with Crippen molar-refractivity contribution < 1.29 is 21.9 Å². The third-order valence-electron chi connectivity index (χ3n) is 2.18. The molecule has 2 nitrogen and oxygen atoms in total. The predicted octanol–water partition coefficient (Wildman–Crippen LogP) is 3.08. The van der Waals surface area contributed by atoms with Crippen molar-refractivity contribution in [3.63, 3.8) is 0 Å². The summed E-state index contributed by atoms with van der Waals surface area (Å²) in [6, 6.07) is 0. The number of amides is 1. The summed E-state index contributed by atoms with van der Waals surface area (Å²) >= 11 is 6.11. The van der Waals surface area contributed by atoms with Gasteiger partial charge in [0.15, 0.2) is 0 Å². The summed E-state index contributed by atoms with van der Waals surface area (Å²) < 4.78 is 0. The molecule has 10 radical (unpaired) electrons. The van der Waals surface area contributed by atoms with E-state index in [9.17, 15) is 4.79 Å². The second kappa shape index (κ2) is 9.17. The third kappa shape index (κ3) is 5.99. The average Bonchev–Trinajstić information content (AvgIpc) is 3.06. The minimum Gasteiger partial charge on any atom is -0.307 e. The van der Waals surface area contributed by atoms with Gasteiger partial charge in [-0.1, -0.05) is 18.3 Å². The molecule has 1 heterocycles. The van der Waals surface area contributed by atoms with E-state index < -0.39 is 0 Å². The first-order valence-electron chi connectivity index (χ1n) is 5.39. The summed E-state index contributed by atoms with van der Waals surface area (Å²) in [6.45, 7) is 0. The van der Waals surface area contributed by atoms with Crippen molar-refractivity contribution in [1.82, 2.24) is 5.32 Å². The maximum absolute atomic E-state index is 10.9. The SMILES string of the molecule is O=C1NC(=S)/C(=C/[C]2[CH][CH][CH][CH]2)S1.[CH]1[CH][CH][CH][CH]1.[Fe+2]. The van der Waals surface area contributed by atoms with Gasteiger partial charge in [0.2, 0.25) is 0 Å². The number of carbonyl (C=O) groups is 1. The molecule has 1 N–H and O–H groups in total. The van der Waals surface area contributed by atoms with Crippen LogP contribution in [-0.2, 0) is 17.1 Å². The van der Waals surface area contributed by atoms with E-state index in [0.29, 0.717) is 4.99 Å². The summed E-state index contributed by atoms with van der Waals surface area (Å²) in [5.74, 6) is 1.07. The van der Waals surface area contributed by atoms with E-state index in [1.54, 1.807) is 0 Å². The number of hydrogen-bond donors (Lipinski definition) is 1. The molecule has 1 saturated heterocycles. The second-order valence-corrected chi connectivity index (χ2v) is 4.96. The zero-order chi connectivity index (χ0) is 12.8. The molecule has 0 aromatic carbocycles. The van der Waals surface area contributed by atoms with Gasteiger partial charge in [-0.3, -0.25) is 4.79 Å². The average molecular weight is 329 g/mol. The molecular weight excluding hydrogens is 318 g/mol. The number of carbonyl (C=O) groups excluding carboxylic acids is 1. The first-order chi connectivity index (χ1) is 8.75. The van der Waals surface area contributed by atoms with E-state index in [4.69, 9.17) is 12.2 Å². The fraction of sp³-hybridized carbons (Fsp3) is 0. The summed E-state index contributed by atoms with van der Waals surface area (Å²) in [7, 11) is 0. The van der Waals surface area contributed by atoms with Crippen LogP contribution in [0.5, 0.6) is 0 Å². The molecule has 0 aromatic heterocycles. The minimum atomic E-state index is -0.0946. The Balaban J connectivity index is 0.000000256. The number of thioether (sulfide) groups is 1. The molecule has 5 heteroatoms. The standard InChI is InChI=1S/C9H6NOS2.C5H5.Fe/c11-9-10-8(12)7(13-9)5-6-3-1-2-4-6;1-2-4-5-3-1;/h1-5H,(H,10,11,12);1-5H;/q;;+2/b7-5-;;. The number of allylic oxidation sites excluding steroid dienone is 1. The van der Waals surface area contributed by atoms with Gasteiger partial charge in [-0.05, 0) is 69.5 Å². The van der Waals surface area contributed by atoms with E-state index in [0.717, 1.165) is 22.6 Å². The fourth-order valence-electron chi connectivity index (χ4n) is 1.38. The fourth-order valence-corrected chi connectivity index (χ4v) is 2.41. The number of nitrogens with one attached hydrogen (secondary N) is 1. The largest absolute Gasteiger partial charge is 2.00 e. The van der Waals surface area contributed by atoms with E-state index in [2.05, 4.69) is 5.32 Å². The van der Waals surface area contributed by atoms with Crippen LogP contribution in [0.3, 0.4) is 0 Å². The molecule has 0 atom stereocenters. The zero-order valence-electron chi connectivity index (χ0n) is 9.85. The molecule has 0 unspecified atom stereocenters. The Morgan fingerprint density at radius 2 is 1.53 bits per heavy atom. The van der Waals surface area contributed by atoms with Crippen molar-refractivity contribution in [2.45, 2.75) is 0 Å². The Morgan fingerprint density at radius 3 is 1.95 bits per heavy atom. The van der Waals surface area contributed by atoms with Crippen LogP contribution < -0.4 is 5.32 Å². The summed E-state index contributed by atoms with van der Waals surface area (Å²) in [5.41, 5.74) is 0. The van der Waals surface area contributed by atoms with Crippen LogP contribution in [0, 0.1) is 63.7 Å². The van der Waals surface area contributed by atoms with Gasteiger partial charge in [0.1, 0.15) is 4.99 Å². The topological polar surface area (TPSA) is 29.1 Å². The van der Waals surface area contributed by atoms with Gasteiger partial charge < -0.3 is 5.32 Å². The van der Waals surface area contributed by atoms with Crippen LogP contribution in [0.1, 0.15) is 0 Å². The van der Waals surface area contributed by atoms with Crippen molar-refractivity contribution in [2.75, 3.05) is 0 Å². The molecule has 3 fully saturated rings. The Kier molecular flexibility index (Phi) is 8.31.